The van der Waals surface area contributed by atoms with E-state index in [4.69, 9.17) is 0 Å². The second-order valence-corrected chi connectivity index (χ2v) is 8.05. The first-order valence-corrected chi connectivity index (χ1v) is 9.36. The van der Waals surface area contributed by atoms with Crippen molar-refractivity contribution in [3.8, 4) is 0 Å². The SMILES string of the molecule is CCCNC(CCS(C)(=O)=O)c1ccc(C)c(Br)c1. The third kappa shape index (κ3) is 6.06. The molecule has 1 atom stereocenters. The highest BCUT2D eigenvalue weighted by Crippen LogP contribution is 2.24. The number of hydrogen-bond donors (Lipinski definition) is 1. The van der Waals surface area contributed by atoms with Gasteiger partial charge in [0.25, 0.3) is 0 Å². The Kier molecular flexibility index (Phi) is 6.50. The van der Waals surface area contributed by atoms with Gasteiger partial charge in [-0.2, -0.15) is 0 Å². The zero-order valence-corrected chi connectivity index (χ0v) is 14.1. The molecule has 3 nitrogen and oxygen atoms in total. The molecule has 0 heterocycles. The average molecular weight is 348 g/mol. The zero-order valence-electron chi connectivity index (χ0n) is 11.7. The quantitative estimate of drug-likeness (QED) is 0.823. The lowest BCUT2D eigenvalue weighted by atomic mass is 10.0. The van der Waals surface area contributed by atoms with Gasteiger partial charge in [-0.15, -0.1) is 0 Å². The van der Waals surface area contributed by atoms with Crippen molar-refractivity contribution in [3.05, 3.63) is 33.8 Å². The van der Waals surface area contributed by atoms with Crippen molar-refractivity contribution in [3.63, 3.8) is 0 Å². The molecule has 1 aromatic rings. The highest BCUT2D eigenvalue weighted by Gasteiger charge is 2.14. The van der Waals surface area contributed by atoms with Crippen molar-refractivity contribution >= 4 is 25.8 Å². The monoisotopic (exact) mass is 347 g/mol. The number of rotatable bonds is 7. The third-order valence-electron chi connectivity index (χ3n) is 3.02. The lowest BCUT2D eigenvalue weighted by Gasteiger charge is -2.19. The summed E-state index contributed by atoms with van der Waals surface area (Å²) in [7, 11) is -2.92. The van der Waals surface area contributed by atoms with Gasteiger partial charge < -0.3 is 5.32 Å². The molecule has 1 rings (SSSR count). The summed E-state index contributed by atoms with van der Waals surface area (Å²) in [5.41, 5.74) is 2.32. The number of halogens is 1. The van der Waals surface area contributed by atoms with E-state index in [0.717, 1.165) is 23.0 Å². The molecule has 0 radical (unpaired) electrons. The van der Waals surface area contributed by atoms with E-state index in [2.05, 4.69) is 46.4 Å². The highest BCUT2D eigenvalue weighted by atomic mass is 79.9. The molecule has 0 saturated carbocycles. The summed E-state index contributed by atoms with van der Waals surface area (Å²) in [6, 6.07) is 6.28. The fourth-order valence-corrected chi connectivity index (χ4v) is 2.92. The molecule has 19 heavy (non-hydrogen) atoms. The molecule has 0 aliphatic carbocycles. The Morgan fingerprint density at radius 1 is 1.37 bits per heavy atom. The van der Waals surface area contributed by atoms with Gasteiger partial charge in [0, 0.05) is 16.8 Å². The molecule has 0 aromatic heterocycles. The molecule has 0 aliphatic rings. The van der Waals surface area contributed by atoms with E-state index in [1.807, 2.05) is 6.92 Å². The third-order valence-corrected chi connectivity index (χ3v) is 4.85. The first-order valence-electron chi connectivity index (χ1n) is 6.50. The van der Waals surface area contributed by atoms with Crippen LogP contribution < -0.4 is 5.32 Å². The van der Waals surface area contributed by atoms with Gasteiger partial charge in [-0.05, 0) is 43.5 Å². The van der Waals surface area contributed by atoms with Gasteiger partial charge in [-0.3, -0.25) is 0 Å². The molecule has 1 aromatic carbocycles. The minimum absolute atomic E-state index is 0.0894. The first-order chi connectivity index (χ1) is 8.83. The van der Waals surface area contributed by atoms with Crippen molar-refractivity contribution < 1.29 is 8.42 Å². The Morgan fingerprint density at radius 3 is 2.58 bits per heavy atom. The standard InChI is InChI=1S/C14H22BrNO2S/c1-4-8-16-14(7-9-19(3,17)18)12-6-5-11(2)13(15)10-12/h5-6,10,14,16H,4,7-9H2,1-3H3. The Bertz CT molecular complexity index is 514. The van der Waals surface area contributed by atoms with Gasteiger partial charge in [0.1, 0.15) is 9.84 Å². The largest absolute Gasteiger partial charge is 0.310 e. The molecule has 108 valence electrons. The first kappa shape index (κ1) is 16.7. The zero-order chi connectivity index (χ0) is 14.5. The Morgan fingerprint density at radius 2 is 2.05 bits per heavy atom. The molecule has 0 bridgehead atoms. The molecule has 5 heteroatoms. The number of sulfone groups is 1. The van der Waals surface area contributed by atoms with Gasteiger partial charge in [-0.1, -0.05) is 35.0 Å². The van der Waals surface area contributed by atoms with Crippen molar-refractivity contribution in [2.45, 2.75) is 32.7 Å². The summed E-state index contributed by atoms with van der Waals surface area (Å²) in [4.78, 5) is 0. The van der Waals surface area contributed by atoms with Crippen LogP contribution in [-0.2, 0) is 9.84 Å². The lowest BCUT2D eigenvalue weighted by molar-refractivity contribution is 0.513. The topological polar surface area (TPSA) is 46.2 Å². The van der Waals surface area contributed by atoms with E-state index >= 15 is 0 Å². The van der Waals surface area contributed by atoms with Crippen LogP contribution in [0.3, 0.4) is 0 Å². The normalized spacial score (nSPS) is 13.5. The number of aryl methyl sites for hydroxylation is 1. The Balaban J connectivity index is 2.85. The second kappa shape index (κ2) is 7.41. The summed E-state index contributed by atoms with van der Waals surface area (Å²) in [6.07, 6.45) is 2.92. The lowest BCUT2D eigenvalue weighted by Crippen LogP contribution is -2.24. The number of nitrogens with one attached hydrogen (secondary N) is 1. The summed E-state index contributed by atoms with van der Waals surface area (Å²) in [5, 5.41) is 3.42. The maximum absolute atomic E-state index is 11.3. The highest BCUT2D eigenvalue weighted by molar-refractivity contribution is 9.10. The summed E-state index contributed by atoms with van der Waals surface area (Å²) in [5.74, 6) is 0.208. The minimum atomic E-state index is -2.92. The van der Waals surface area contributed by atoms with Crippen LogP contribution in [0.2, 0.25) is 0 Å². The second-order valence-electron chi connectivity index (χ2n) is 4.93. The molecule has 1 unspecified atom stereocenters. The number of hydrogen-bond acceptors (Lipinski definition) is 3. The number of benzene rings is 1. The van der Waals surface area contributed by atoms with Crippen molar-refractivity contribution in [2.75, 3.05) is 18.6 Å². The maximum Gasteiger partial charge on any atom is 0.147 e. The smallest absolute Gasteiger partial charge is 0.147 e. The molecule has 1 N–H and O–H groups in total. The summed E-state index contributed by atoms with van der Waals surface area (Å²) < 4.78 is 23.7. The molecule has 0 aliphatic heterocycles. The van der Waals surface area contributed by atoms with Crippen molar-refractivity contribution in [1.82, 2.24) is 5.32 Å². The Hall–Kier alpha value is -0.390. The van der Waals surface area contributed by atoms with Crippen molar-refractivity contribution in [1.29, 1.82) is 0 Å². The van der Waals surface area contributed by atoms with Crippen LogP contribution in [-0.4, -0.2) is 27.0 Å². The fourth-order valence-electron chi connectivity index (χ4n) is 1.86. The van der Waals surface area contributed by atoms with Gasteiger partial charge in [0.05, 0.1) is 5.75 Å². The van der Waals surface area contributed by atoms with Crippen LogP contribution in [0.4, 0.5) is 0 Å². The van der Waals surface area contributed by atoms with E-state index in [1.54, 1.807) is 0 Å². The van der Waals surface area contributed by atoms with Crippen LogP contribution in [0.15, 0.2) is 22.7 Å². The average Bonchev–Trinajstić information content (AvgIpc) is 2.32. The summed E-state index contributed by atoms with van der Waals surface area (Å²) in [6.45, 7) is 5.03. The van der Waals surface area contributed by atoms with Gasteiger partial charge >= 0.3 is 0 Å². The molecule has 0 spiro atoms. The minimum Gasteiger partial charge on any atom is -0.310 e. The van der Waals surface area contributed by atoms with Crippen LogP contribution in [0, 0.1) is 6.92 Å². The van der Waals surface area contributed by atoms with Crippen LogP contribution >= 0.6 is 15.9 Å². The molecule has 0 amide bonds. The van der Waals surface area contributed by atoms with Crippen LogP contribution in [0.1, 0.15) is 36.9 Å². The van der Waals surface area contributed by atoms with E-state index in [1.165, 1.54) is 11.8 Å². The van der Waals surface area contributed by atoms with Gasteiger partial charge in [0.15, 0.2) is 0 Å². The van der Waals surface area contributed by atoms with Crippen LogP contribution in [0.5, 0.6) is 0 Å². The molecular formula is C14H22BrNO2S. The van der Waals surface area contributed by atoms with Gasteiger partial charge in [-0.25, -0.2) is 8.42 Å². The maximum atomic E-state index is 11.3. The molecule has 0 fully saturated rings. The van der Waals surface area contributed by atoms with E-state index in [-0.39, 0.29) is 11.8 Å². The van der Waals surface area contributed by atoms with Gasteiger partial charge in [0.2, 0.25) is 0 Å². The van der Waals surface area contributed by atoms with E-state index in [9.17, 15) is 8.42 Å². The molecule has 0 saturated heterocycles. The van der Waals surface area contributed by atoms with Crippen molar-refractivity contribution in [2.24, 2.45) is 0 Å². The fraction of sp³-hybridized carbons (Fsp3) is 0.571. The predicted octanol–water partition coefficient (Wildman–Crippen LogP) is 3.23. The van der Waals surface area contributed by atoms with Crippen LogP contribution in [0.25, 0.3) is 0 Å². The van der Waals surface area contributed by atoms with E-state index < -0.39 is 9.84 Å². The summed E-state index contributed by atoms with van der Waals surface area (Å²) >= 11 is 3.53. The van der Waals surface area contributed by atoms with E-state index in [0.29, 0.717) is 6.42 Å². The molecular weight excluding hydrogens is 326 g/mol. The Labute approximate surface area is 124 Å². The predicted molar refractivity (Wildman–Crippen MR) is 84.2 cm³/mol.